The number of thiophene rings is 1. The molecule has 1 aromatic carbocycles. The molecule has 0 spiro atoms. The van der Waals surface area contributed by atoms with E-state index in [1.165, 1.54) is 11.3 Å². The molecule has 1 heterocycles. The molecular formula is C13H14ClNO2S. The van der Waals surface area contributed by atoms with Crippen molar-refractivity contribution >= 4 is 38.9 Å². The number of rotatable bonds is 4. The Bertz CT molecular complexity index is 567. The van der Waals surface area contributed by atoms with Crippen LogP contribution in [0.1, 0.15) is 16.6 Å². The van der Waals surface area contributed by atoms with Gasteiger partial charge in [-0.2, -0.15) is 0 Å². The van der Waals surface area contributed by atoms with Gasteiger partial charge in [-0.15, -0.1) is 11.3 Å². The maximum Gasteiger partial charge on any atom is 0.263 e. The number of hydrogen-bond donors (Lipinski definition) is 1. The molecule has 0 aliphatic carbocycles. The zero-order valence-corrected chi connectivity index (χ0v) is 11.8. The van der Waals surface area contributed by atoms with E-state index in [0.717, 1.165) is 10.1 Å². The van der Waals surface area contributed by atoms with E-state index in [2.05, 4.69) is 5.32 Å². The van der Waals surface area contributed by atoms with Crippen LogP contribution in [0.2, 0.25) is 5.02 Å². The van der Waals surface area contributed by atoms with Crippen molar-refractivity contribution in [2.24, 2.45) is 0 Å². The first kappa shape index (κ1) is 13.3. The number of benzene rings is 1. The molecule has 0 saturated heterocycles. The van der Waals surface area contributed by atoms with Gasteiger partial charge in [0.25, 0.3) is 5.91 Å². The summed E-state index contributed by atoms with van der Waals surface area (Å²) >= 11 is 7.64. The van der Waals surface area contributed by atoms with Crippen molar-refractivity contribution in [3.05, 3.63) is 34.2 Å². The summed E-state index contributed by atoms with van der Waals surface area (Å²) in [6.45, 7) is 2.37. The second kappa shape index (κ2) is 5.69. The maximum atomic E-state index is 12.1. The van der Waals surface area contributed by atoms with E-state index in [4.69, 9.17) is 16.3 Å². The van der Waals surface area contributed by atoms with E-state index < -0.39 is 0 Å². The fraction of sp³-hybridized carbons (Fsp3) is 0.308. The van der Waals surface area contributed by atoms with E-state index in [1.807, 2.05) is 31.2 Å². The first-order valence-electron chi connectivity index (χ1n) is 5.60. The number of methoxy groups -OCH3 is 1. The lowest BCUT2D eigenvalue weighted by molar-refractivity contribution is 0.0910. The maximum absolute atomic E-state index is 12.1. The molecule has 2 rings (SSSR count). The normalized spacial score (nSPS) is 12.6. The number of carbonyl (C=O) groups excluding carboxylic acids is 1. The van der Waals surface area contributed by atoms with Gasteiger partial charge in [-0.3, -0.25) is 4.79 Å². The summed E-state index contributed by atoms with van der Waals surface area (Å²) < 4.78 is 6.01. The molecule has 2 aromatic rings. The Balaban J connectivity index is 2.25. The zero-order chi connectivity index (χ0) is 13.1. The molecule has 0 aliphatic heterocycles. The average molecular weight is 284 g/mol. The number of fused-ring (bicyclic) bond motifs is 1. The molecule has 1 N–H and O–H groups in total. The van der Waals surface area contributed by atoms with Crippen LogP contribution in [-0.2, 0) is 4.74 Å². The Hall–Kier alpha value is -1.10. The fourth-order valence-electron chi connectivity index (χ4n) is 1.74. The van der Waals surface area contributed by atoms with Gasteiger partial charge < -0.3 is 10.1 Å². The summed E-state index contributed by atoms with van der Waals surface area (Å²) in [7, 11) is 1.61. The molecule has 3 nitrogen and oxygen atoms in total. The Morgan fingerprint density at radius 1 is 1.50 bits per heavy atom. The van der Waals surface area contributed by atoms with Crippen molar-refractivity contribution in [2.45, 2.75) is 13.0 Å². The number of halogens is 1. The van der Waals surface area contributed by atoms with Crippen LogP contribution >= 0.6 is 22.9 Å². The van der Waals surface area contributed by atoms with Crippen LogP contribution in [0.15, 0.2) is 24.3 Å². The van der Waals surface area contributed by atoms with Crippen LogP contribution in [0, 0.1) is 0 Å². The van der Waals surface area contributed by atoms with Crippen LogP contribution < -0.4 is 5.32 Å². The van der Waals surface area contributed by atoms with Gasteiger partial charge >= 0.3 is 0 Å². The first-order chi connectivity index (χ1) is 8.63. The monoisotopic (exact) mass is 283 g/mol. The summed E-state index contributed by atoms with van der Waals surface area (Å²) in [5.41, 5.74) is 0. The van der Waals surface area contributed by atoms with Gasteiger partial charge in [-0.05, 0) is 13.0 Å². The highest BCUT2D eigenvalue weighted by Gasteiger charge is 2.18. The van der Waals surface area contributed by atoms with Crippen LogP contribution in [0.25, 0.3) is 10.1 Å². The average Bonchev–Trinajstić information content (AvgIpc) is 2.68. The minimum absolute atomic E-state index is 0.0382. The predicted molar refractivity (Wildman–Crippen MR) is 75.6 cm³/mol. The summed E-state index contributed by atoms with van der Waals surface area (Å²) in [6, 6.07) is 7.69. The van der Waals surface area contributed by atoms with Gasteiger partial charge in [0.1, 0.15) is 4.88 Å². The molecule has 1 atom stereocenters. The Morgan fingerprint density at radius 3 is 2.89 bits per heavy atom. The topological polar surface area (TPSA) is 38.3 Å². The van der Waals surface area contributed by atoms with Gasteiger partial charge in [-0.1, -0.05) is 29.8 Å². The molecule has 0 aliphatic rings. The standard InChI is InChI=1S/C13H14ClNO2S/c1-8(7-17-2)15-13(16)12-11(14)9-5-3-4-6-10(9)18-12/h3-6,8H,7H2,1-2H3,(H,15,16)/t8-/m1/s1. The Morgan fingerprint density at radius 2 is 2.22 bits per heavy atom. The summed E-state index contributed by atoms with van der Waals surface area (Å²) in [4.78, 5) is 12.6. The van der Waals surface area contributed by atoms with Gasteiger partial charge in [0.15, 0.2) is 0 Å². The third-order valence-corrected chi connectivity index (χ3v) is 4.21. The quantitative estimate of drug-likeness (QED) is 0.935. The van der Waals surface area contributed by atoms with Crippen molar-refractivity contribution in [1.29, 1.82) is 0 Å². The van der Waals surface area contributed by atoms with Crippen molar-refractivity contribution in [2.75, 3.05) is 13.7 Å². The van der Waals surface area contributed by atoms with Gasteiger partial charge in [-0.25, -0.2) is 0 Å². The summed E-state index contributed by atoms with van der Waals surface area (Å²) in [5.74, 6) is -0.147. The van der Waals surface area contributed by atoms with Crippen molar-refractivity contribution in [3.63, 3.8) is 0 Å². The fourth-order valence-corrected chi connectivity index (χ4v) is 3.16. The van der Waals surface area contributed by atoms with Crippen LogP contribution in [-0.4, -0.2) is 25.7 Å². The lowest BCUT2D eigenvalue weighted by Gasteiger charge is -2.11. The Kier molecular flexibility index (Phi) is 4.22. The van der Waals surface area contributed by atoms with E-state index in [1.54, 1.807) is 7.11 Å². The molecule has 0 saturated carbocycles. The molecule has 1 amide bonds. The van der Waals surface area contributed by atoms with E-state index in [0.29, 0.717) is 16.5 Å². The number of carbonyl (C=O) groups is 1. The SMILES string of the molecule is COC[C@@H](C)NC(=O)c1sc2ccccc2c1Cl. The van der Waals surface area contributed by atoms with Crippen molar-refractivity contribution in [3.8, 4) is 0 Å². The van der Waals surface area contributed by atoms with Crippen molar-refractivity contribution in [1.82, 2.24) is 5.32 Å². The second-order valence-corrected chi connectivity index (χ2v) is 5.50. The molecule has 18 heavy (non-hydrogen) atoms. The predicted octanol–water partition coefficient (Wildman–Crippen LogP) is 3.32. The molecule has 0 radical (unpaired) electrons. The van der Waals surface area contributed by atoms with Crippen LogP contribution in [0.3, 0.4) is 0 Å². The number of nitrogens with one attached hydrogen (secondary N) is 1. The molecule has 0 bridgehead atoms. The molecule has 0 unspecified atom stereocenters. The number of hydrogen-bond acceptors (Lipinski definition) is 3. The molecule has 5 heteroatoms. The summed E-state index contributed by atoms with van der Waals surface area (Å²) in [5, 5.41) is 4.31. The lowest BCUT2D eigenvalue weighted by atomic mass is 10.2. The molecule has 0 fully saturated rings. The number of amides is 1. The highest BCUT2D eigenvalue weighted by atomic mass is 35.5. The third kappa shape index (κ3) is 2.66. The highest BCUT2D eigenvalue weighted by molar-refractivity contribution is 7.21. The Labute approximate surface area is 115 Å². The first-order valence-corrected chi connectivity index (χ1v) is 6.79. The van der Waals surface area contributed by atoms with Crippen LogP contribution in [0.4, 0.5) is 0 Å². The van der Waals surface area contributed by atoms with Gasteiger partial charge in [0, 0.05) is 23.2 Å². The minimum atomic E-state index is -0.147. The summed E-state index contributed by atoms with van der Waals surface area (Å²) in [6.07, 6.45) is 0. The lowest BCUT2D eigenvalue weighted by Crippen LogP contribution is -2.35. The van der Waals surface area contributed by atoms with Gasteiger partial charge in [0.05, 0.1) is 11.6 Å². The largest absolute Gasteiger partial charge is 0.383 e. The molecule has 96 valence electrons. The highest BCUT2D eigenvalue weighted by Crippen LogP contribution is 2.34. The second-order valence-electron chi connectivity index (χ2n) is 4.07. The van der Waals surface area contributed by atoms with Gasteiger partial charge in [0.2, 0.25) is 0 Å². The van der Waals surface area contributed by atoms with E-state index in [9.17, 15) is 4.79 Å². The van der Waals surface area contributed by atoms with Crippen LogP contribution in [0.5, 0.6) is 0 Å². The van der Waals surface area contributed by atoms with Crippen molar-refractivity contribution < 1.29 is 9.53 Å². The molecule has 1 aromatic heterocycles. The van der Waals surface area contributed by atoms with E-state index >= 15 is 0 Å². The molecular weight excluding hydrogens is 270 g/mol. The zero-order valence-electron chi connectivity index (χ0n) is 10.2. The number of ether oxygens (including phenoxy) is 1. The third-order valence-electron chi connectivity index (χ3n) is 2.54. The van der Waals surface area contributed by atoms with E-state index in [-0.39, 0.29) is 11.9 Å². The smallest absolute Gasteiger partial charge is 0.263 e. The minimum Gasteiger partial charge on any atom is -0.383 e.